The Morgan fingerprint density at radius 1 is 1.27 bits per heavy atom. The van der Waals surface area contributed by atoms with Gasteiger partial charge in [-0.3, -0.25) is 9.69 Å². The molecule has 4 nitrogen and oxygen atoms in total. The van der Waals surface area contributed by atoms with Crippen LogP contribution < -0.4 is 0 Å². The van der Waals surface area contributed by atoms with Gasteiger partial charge in [0.2, 0.25) is 0 Å². The summed E-state index contributed by atoms with van der Waals surface area (Å²) in [6, 6.07) is -0.434. The fraction of sp³-hybridized carbons (Fsp3) is 0.818. The Labute approximate surface area is 90.3 Å². The van der Waals surface area contributed by atoms with E-state index in [9.17, 15) is 9.59 Å². The first-order valence-electron chi connectivity index (χ1n) is 5.38. The van der Waals surface area contributed by atoms with Gasteiger partial charge in [0.25, 0.3) is 0 Å². The molecule has 1 N–H and O–H groups in total. The molecule has 0 aromatic carbocycles. The molecular weight excluding hydrogens is 194 g/mol. The van der Waals surface area contributed by atoms with Gasteiger partial charge in [0, 0.05) is 12.0 Å². The summed E-state index contributed by atoms with van der Waals surface area (Å²) in [5.41, 5.74) is -0.463. The van der Waals surface area contributed by atoms with Crippen LogP contribution in [0.4, 0.5) is 4.79 Å². The number of rotatable bonds is 1. The van der Waals surface area contributed by atoms with Gasteiger partial charge in [0.15, 0.2) is 5.78 Å². The van der Waals surface area contributed by atoms with Gasteiger partial charge in [-0.25, -0.2) is 4.79 Å². The fourth-order valence-corrected chi connectivity index (χ4v) is 1.93. The van der Waals surface area contributed by atoms with E-state index in [-0.39, 0.29) is 5.78 Å². The topological polar surface area (TPSA) is 57.6 Å². The number of carbonyl (C=O) groups is 2. The molecule has 1 rings (SSSR count). The first-order valence-corrected chi connectivity index (χ1v) is 5.38. The van der Waals surface area contributed by atoms with Crippen molar-refractivity contribution >= 4 is 11.9 Å². The van der Waals surface area contributed by atoms with E-state index in [1.54, 1.807) is 0 Å². The van der Waals surface area contributed by atoms with Gasteiger partial charge in [0.05, 0.1) is 6.04 Å². The SMILES string of the molecule is CC(C)(C)C(=O)C1CCCCN1C(=O)O. The third-order valence-electron chi connectivity index (χ3n) is 2.79. The van der Waals surface area contributed by atoms with Crippen molar-refractivity contribution in [2.24, 2.45) is 5.41 Å². The molecule has 0 bridgehead atoms. The molecule has 15 heavy (non-hydrogen) atoms. The second-order valence-corrected chi connectivity index (χ2v) is 5.10. The van der Waals surface area contributed by atoms with Crippen LogP contribution in [0.5, 0.6) is 0 Å². The van der Waals surface area contributed by atoms with Gasteiger partial charge < -0.3 is 5.11 Å². The van der Waals surface area contributed by atoms with E-state index in [0.717, 1.165) is 12.8 Å². The van der Waals surface area contributed by atoms with Crippen molar-refractivity contribution in [1.82, 2.24) is 4.90 Å². The maximum absolute atomic E-state index is 12.0. The lowest BCUT2D eigenvalue weighted by atomic mass is 9.83. The van der Waals surface area contributed by atoms with Gasteiger partial charge in [-0.05, 0) is 19.3 Å². The molecule has 1 amide bonds. The Kier molecular flexibility index (Phi) is 3.37. The quantitative estimate of drug-likeness (QED) is 0.726. The molecule has 0 radical (unpaired) electrons. The average molecular weight is 213 g/mol. The van der Waals surface area contributed by atoms with Crippen LogP contribution in [0, 0.1) is 5.41 Å². The number of likely N-dealkylation sites (tertiary alicyclic amines) is 1. The number of piperidine rings is 1. The van der Waals surface area contributed by atoms with Crippen LogP contribution in [0.15, 0.2) is 0 Å². The number of amides is 1. The van der Waals surface area contributed by atoms with Crippen molar-refractivity contribution in [3.05, 3.63) is 0 Å². The van der Waals surface area contributed by atoms with Gasteiger partial charge in [-0.2, -0.15) is 0 Å². The monoisotopic (exact) mass is 213 g/mol. The molecular formula is C11H19NO3. The lowest BCUT2D eigenvalue weighted by molar-refractivity contribution is -0.132. The molecule has 0 aromatic heterocycles. The molecule has 0 spiro atoms. The number of carboxylic acid groups (broad SMARTS) is 1. The molecule has 1 saturated heterocycles. The maximum atomic E-state index is 12.0. The van der Waals surface area contributed by atoms with E-state index in [4.69, 9.17) is 5.11 Å². The average Bonchev–Trinajstić information content (AvgIpc) is 2.15. The van der Waals surface area contributed by atoms with Gasteiger partial charge >= 0.3 is 6.09 Å². The molecule has 1 atom stereocenters. The van der Waals surface area contributed by atoms with E-state index in [2.05, 4.69) is 0 Å². The third kappa shape index (κ3) is 2.70. The molecule has 1 aliphatic heterocycles. The zero-order valence-electron chi connectivity index (χ0n) is 9.62. The highest BCUT2D eigenvalue weighted by atomic mass is 16.4. The number of Topliss-reactive ketones (excluding diaryl/α,β-unsaturated/α-hetero) is 1. The highest BCUT2D eigenvalue weighted by Gasteiger charge is 2.37. The summed E-state index contributed by atoms with van der Waals surface area (Å²) in [7, 11) is 0. The Hall–Kier alpha value is -1.06. The summed E-state index contributed by atoms with van der Waals surface area (Å²) in [6.07, 6.45) is 1.50. The van der Waals surface area contributed by atoms with Crippen LogP contribution >= 0.6 is 0 Å². The number of ketones is 1. The predicted octanol–water partition coefficient (Wildman–Crippen LogP) is 2.13. The molecule has 1 aliphatic rings. The van der Waals surface area contributed by atoms with Gasteiger partial charge in [-0.1, -0.05) is 20.8 Å². The van der Waals surface area contributed by atoms with E-state index >= 15 is 0 Å². The van der Waals surface area contributed by atoms with Crippen molar-refractivity contribution in [3.63, 3.8) is 0 Å². The van der Waals surface area contributed by atoms with Crippen LogP contribution in [-0.2, 0) is 4.79 Å². The van der Waals surface area contributed by atoms with E-state index in [1.807, 2.05) is 20.8 Å². The highest BCUT2D eigenvalue weighted by molar-refractivity contribution is 5.91. The molecule has 86 valence electrons. The van der Waals surface area contributed by atoms with Gasteiger partial charge in [-0.15, -0.1) is 0 Å². The van der Waals surface area contributed by atoms with Crippen LogP contribution in [0.3, 0.4) is 0 Å². The minimum Gasteiger partial charge on any atom is -0.465 e. The molecule has 0 aromatic rings. The molecule has 1 heterocycles. The largest absolute Gasteiger partial charge is 0.465 e. The van der Waals surface area contributed by atoms with E-state index < -0.39 is 17.6 Å². The molecule has 4 heteroatoms. The summed E-state index contributed by atoms with van der Waals surface area (Å²) < 4.78 is 0. The zero-order chi connectivity index (χ0) is 11.6. The number of nitrogens with zero attached hydrogens (tertiary/aromatic N) is 1. The van der Waals surface area contributed by atoms with E-state index in [1.165, 1.54) is 4.90 Å². The summed E-state index contributed by atoms with van der Waals surface area (Å²) in [5.74, 6) is 0.0320. The minimum absolute atomic E-state index is 0.0320. The summed E-state index contributed by atoms with van der Waals surface area (Å²) >= 11 is 0. The Balaban J connectivity index is 2.81. The van der Waals surface area contributed by atoms with Crippen LogP contribution in [0.2, 0.25) is 0 Å². The lowest BCUT2D eigenvalue weighted by Gasteiger charge is -2.35. The minimum atomic E-state index is -0.975. The zero-order valence-corrected chi connectivity index (χ0v) is 9.62. The predicted molar refractivity (Wildman–Crippen MR) is 56.8 cm³/mol. The van der Waals surface area contributed by atoms with Crippen LogP contribution in [0.25, 0.3) is 0 Å². The van der Waals surface area contributed by atoms with Crippen molar-refractivity contribution in [2.75, 3.05) is 6.54 Å². The maximum Gasteiger partial charge on any atom is 0.407 e. The van der Waals surface area contributed by atoms with Crippen molar-refractivity contribution in [1.29, 1.82) is 0 Å². The smallest absolute Gasteiger partial charge is 0.407 e. The molecule has 0 saturated carbocycles. The first kappa shape index (κ1) is 12.0. The first-order chi connectivity index (χ1) is 6.84. The highest BCUT2D eigenvalue weighted by Crippen LogP contribution is 2.26. The normalized spacial score (nSPS) is 22.6. The summed E-state index contributed by atoms with van der Waals surface area (Å²) in [6.45, 7) is 6.00. The molecule has 1 fully saturated rings. The van der Waals surface area contributed by atoms with Crippen LogP contribution in [0.1, 0.15) is 40.0 Å². The standard InChI is InChI=1S/C11H19NO3/c1-11(2,3)9(13)8-6-4-5-7-12(8)10(14)15/h8H,4-7H2,1-3H3,(H,14,15). The van der Waals surface area contributed by atoms with Crippen molar-refractivity contribution < 1.29 is 14.7 Å². The van der Waals surface area contributed by atoms with Crippen LogP contribution in [-0.4, -0.2) is 34.5 Å². The Bertz CT molecular complexity index is 267. The molecule has 0 aliphatic carbocycles. The third-order valence-corrected chi connectivity index (χ3v) is 2.79. The van der Waals surface area contributed by atoms with E-state index in [0.29, 0.717) is 13.0 Å². The van der Waals surface area contributed by atoms with Crippen molar-refractivity contribution in [2.45, 2.75) is 46.1 Å². The summed E-state index contributed by atoms with van der Waals surface area (Å²) in [5, 5.41) is 9.00. The Morgan fingerprint density at radius 3 is 2.33 bits per heavy atom. The second-order valence-electron chi connectivity index (χ2n) is 5.10. The number of hydrogen-bond acceptors (Lipinski definition) is 2. The Morgan fingerprint density at radius 2 is 1.87 bits per heavy atom. The lowest BCUT2D eigenvalue weighted by Crippen LogP contribution is -2.50. The fourth-order valence-electron chi connectivity index (χ4n) is 1.93. The second kappa shape index (κ2) is 4.21. The molecule has 1 unspecified atom stereocenters. The number of hydrogen-bond donors (Lipinski definition) is 1. The van der Waals surface area contributed by atoms with Gasteiger partial charge in [0.1, 0.15) is 0 Å². The van der Waals surface area contributed by atoms with Crippen molar-refractivity contribution in [3.8, 4) is 0 Å². The summed E-state index contributed by atoms with van der Waals surface area (Å²) in [4.78, 5) is 24.3. The number of carbonyl (C=O) groups excluding carboxylic acids is 1.